The van der Waals surface area contributed by atoms with Crippen LogP contribution < -0.4 is 5.32 Å². The van der Waals surface area contributed by atoms with E-state index in [1.807, 2.05) is 60.9 Å². The van der Waals surface area contributed by atoms with Gasteiger partial charge in [-0.1, -0.05) is 41.9 Å². The summed E-state index contributed by atoms with van der Waals surface area (Å²) in [6.07, 6.45) is 3.66. The zero-order chi connectivity index (χ0) is 21.8. The normalized spacial score (nSPS) is 10.7. The molecule has 1 heterocycles. The molecule has 0 saturated heterocycles. The monoisotopic (exact) mass is 448 g/mol. The van der Waals surface area contributed by atoms with Gasteiger partial charge in [-0.3, -0.25) is 9.78 Å². The van der Waals surface area contributed by atoms with Crippen molar-refractivity contribution in [2.75, 3.05) is 11.6 Å². The van der Waals surface area contributed by atoms with Crippen LogP contribution in [0.1, 0.15) is 10.4 Å². The Labute approximate surface area is 189 Å². The van der Waals surface area contributed by atoms with Gasteiger partial charge in [-0.25, -0.2) is 4.39 Å². The number of rotatable bonds is 5. The smallest absolute Gasteiger partial charge is 0.256 e. The molecule has 0 aliphatic rings. The summed E-state index contributed by atoms with van der Waals surface area (Å²) in [7, 11) is 0. The average molecular weight is 449 g/mol. The second-order valence-electron chi connectivity index (χ2n) is 6.76. The Morgan fingerprint density at radius 2 is 1.81 bits per heavy atom. The summed E-state index contributed by atoms with van der Waals surface area (Å²) in [6.45, 7) is 0. The van der Waals surface area contributed by atoms with E-state index in [-0.39, 0.29) is 10.9 Å². The number of halogens is 2. The van der Waals surface area contributed by atoms with Crippen LogP contribution in [-0.2, 0) is 0 Å². The number of nitrogens with one attached hydrogen (secondary N) is 1. The van der Waals surface area contributed by atoms with Gasteiger partial charge in [0.1, 0.15) is 5.82 Å². The Bertz CT molecular complexity index is 1250. The van der Waals surface area contributed by atoms with Crippen molar-refractivity contribution in [3.05, 3.63) is 101 Å². The molecule has 1 aromatic heterocycles. The highest BCUT2D eigenvalue weighted by Crippen LogP contribution is 2.35. The fraction of sp³-hybridized carbons (Fsp3) is 0.0400. The number of anilines is 1. The second kappa shape index (κ2) is 9.33. The fourth-order valence-electron chi connectivity index (χ4n) is 3.27. The number of aromatic nitrogens is 1. The van der Waals surface area contributed by atoms with E-state index in [0.717, 1.165) is 16.2 Å². The lowest BCUT2D eigenvalue weighted by molar-refractivity contribution is 0.102. The summed E-state index contributed by atoms with van der Waals surface area (Å²) >= 11 is 7.76. The number of hydrogen-bond acceptors (Lipinski definition) is 3. The highest BCUT2D eigenvalue weighted by molar-refractivity contribution is 7.98. The predicted octanol–water partition coefficient (Wildman–Crippen LogP) is 7.18. The quantitative estimate of drug-likeness (QED) is 0.329. The van der Waals surface area contributed by atoms with E-state index in [2.05, 4.69) is 10.3 Å². The van der Waals surface area contributed by atoms with Crippen molar-refractivity contribution in [3.8, 4) is 22.4 Å². The zero-order valence-electron chi connectivity index (χ0n) is 16.6. The van der Waals surface area contributed by atoms with Crippen LogP contribution in [0.4, 0.5) is 10.1 Å². The largest absolute Gasteiger partial charge is 0.322 e. The highest BCUT2D eigenvalue weighted by atomic mass is 35.5. The predicted molar refractivity (Wildman–Crippen MR) is 126 cm³/mol. The van der Waals surface area contributed by atoms with Crippen LogP contribution >= 0.6 is 23.4 Å². The summed E-state index contributed by atoms with van der Waals surface area (Å²) in [5, 5.41) is 2.93. The van der Waals surface area contributed by atoms with Gasteiger partial charge in [0.2, 0.25) is 0 Å². The van der Waals surface area contributed by atoms with Gasteiger partial charge in [0.15, 0.2) is 0 Å². The molecule has 154 valence electrons. The first-order valence-electron chi connectivity index (χ1n) is 9.52. The fourth-order valence-corrected chi connectivity index (χ4v) is 3.94. The van der Waals surface area contributed by atoms with Crippen molar-refractivity contribution in [3.63, 3.8) is 0 Å². The molecule has 6 heteroatoms. The molecule has 0 spiro atoms. The first-order chi connectivity index (χ1) is 15.1. The molecule has 0 saturated carbocycles. The Morgan fingerprint density at radius 1 is 0.968 bits per heavy atom. The lowest BCUT2D eigenvalue weighted by Gasteiger charge is -2.14. The highest BCUT2D eigenvalue weighted by Gasteiger charge is 2.18. The molecule has 0 bridgehead atoms. The minimum absolute atomic E-state index is 0.00745. The number of carbonyl (C=O) groups is 1. The Balaban J connectivity index is 1.71. The van der Waals surface area contributed by atoms with Crippen LogP contribution in [-0.4, -0.2) is 17.1 Å². The molecule has 1 amide bonds. The Hall–Kier alpha value is -3.15. The van der Waals surface area contributed by atoms with Crippen LogP contribution in [0.3, 0.4) is 0 Å². The molecule has 31 heavy (non-hydrogen) atoms. The average Bonchev–Trinajstić information content (AvgIpc) is 2.81. The minimum Gasteiger partial charge on any atom is -0.322 e. The van der Waals surface area contributed by atoms with Crippen LogP contribution in [0.15, 0.2) is 90.0 Å². The number of nitrogens with zero attached hydrogens (tertiary/aromatic N) is 1. The van der Waals surface area contributed by atoms with Crippen molar-refractivity contribution in [1.29, 1.82) is 0 Å². The number of amides is 1. The van der Waals surface area contributed by atoms with Crippen molar-refractivity contribution >= 4 is 35.0 Å². The molecule has 0 aliphatic heterocycles. The molecule has 0 aliphatic carbocycles. The Kier molecular flexibility index (Phi) is 6.35. The first-order valence-corrected chi connectivity index (χ1v) is 11.1. The first kappa shape index (κ1) is 21.1. The molecule has 3 aromatic carbocycles. The molecular weight excluding hydrogens is 431 g/mol. The Morgan fingerprint density at radius 3 is 2.58 bits per heavy atom. The van der Waals surface area contributed by atoms with Crippen molar-refractivity contribution in [2.45, 2.75) is 4.90 Å². The van der Waals surface area contributed by atoms with E-state index < -0.39 is 5.82 Å². The number of pyridine rings is 1. The van der Waals surface area contributed by atoms with Gasteiger partial charge in [-0.05, 0) is 60.4 Å². The van der Waals surface area contributed by atoms with Gasteiger partial charge in [-0.2, -0.15) is 0 Å². The number of thioether (sulfide) groups is 1. The third-order valence-electron chi connectivity index (χ3n) is 4.79. The van der Waals surface area contributed by atoms with E-state index in [0.29, 0.717) is 22.4 Å². The lowest BCUT2D eigenvalue weighted by Crippen LogP contribution is -2.13. The van der Waals surface area contributed by atoms with E-state index in [4.69, 9.17) is 11.6 Å². The van der Waals surface area contributed by atoms with E-state index >= 15 is 0 Å². The standard InChI is InChI=1S/C25H18ClFN2OS/c1-31-18-11-12-20(21(15-18)19-8-5-9-22(27)24(19)26)25(30)29-17-7-4-6-16(14-17)23-10-2-3-13-28-23/h2-15H,1H3,(H,29,30). The molecule has 4 rings (SSSR count). The summed E-state index contributed by atoms with van der Waals surface area (Å²) in [5.41, 5.74) is 3.81. The van der Waals surface area contributed by atoms with Crippen molar-refractivity contribution < 1.29 is 9.18 Å². The summed E-state index contributed by atoms with van der Waals surface area (Å²) in [5.74, 6) is -0.829. The van der Waals surface area contributed by atoms with Crippen molar-refractivity contribution in [2.24, 2.45) is 0 Å². The number of benzene rings is 3. The maximum Gasteiger partial charge on any atom is 0.256 e. The maximum atomic E-state index is 14.1. The molecule has 1 N–H and O–H groups in total. The molecule has 4 aromatic rings. The molecule has 0 unspecified atom stereocenters. The van der Waals surface area contributed by atoms with Gasteiger partial charge in [0.05, 0.1) is 10.7 Å². The number of carbonyl (C=O) groups excluding carboxylic acids is 1. The molecular formula is C25H18ClFN2OS. The summed E-state index contributed by atoms with van der Waals surface area (Å²) < 4.78 is 14.1. The zero-order valence-corrected chi connectivity index (χ0v) is 18.2. The molecule has 0 radical (unpaired) electrons. The van der Waals surface area contributed by atoms with Crippen LogP contribution in [0.5, 0.6) is 0 Å². The van der Waals surface area contributed by atoms with Gasteiger partial charge in [0.25, 0.3) is 5.91 Å². The van der Waals surface area contributed by atoms with Gasteiger partial charge in [0, 0.05) is 33.5 Å². The van der Waals surface area contributed by atoms with Gasteiger partial charge in [-0.15, -0.1) is 11.8 Å². The van der Waals surface area contributed by atoms with Crippen LogP contribution in [0.2, 0.25) is 5.02 Å². The molecule has 0 atom stereocenters. The summed E-state index contributed by atoms with van der Waals surface area (Å²) in [4.78, 5) is 18.5. The third kappa shape index (κ3) is 4.63. The third-order valence-corrected chi connectivity index (χ3v) is 5.90. The number of hydrogen-bond donors (Lipinski definition) is 1. The van der Waals surface area contributed by atoms with Crippen molar-refractivity contribution in [1.82, 2.24) is 4.98 Å². The van der Waals surface area contributed by atoms with Gasteiger partial charge >= 0.3 is 0 Å². The topological polar surface area (TPSA) is 42.0 Å². The molecule has 3 nitrogen and oxygen atoms in total. The van der Waals surface area contributed by atoms with Crippen LogP contribution in [0.25, 0.3) is 22.4 Å². The second-order valence-corrected chi connectivity index (χ2v) is 8.02. The summed E-state index contributed by atoms with van der Waals surface area (Å²) in [6, 6.07) is 23.2. The van der Waals surface area contributed by atoms with E-state index in [9.17, 15) is 9.18 Å². The molecule has 0 fully saturated rings. The SMILES string of the molecule is CSc1ccc(C(=O)Nc2cccc(-c3ccccn3)c2)c(-c2cccc(F)c2Cl)c1. The minimum atomic E-state index is -0.525. The van der Waals surface area contributed by atoms with Gasteiger partial charge < -0.3 is 5.32 Å². The lowest BCUT2D eigenvalue weighted by atomic mass is 9.98. The maximum absolute atomic E-state index is 14.1. The van der Waals surface area contributed by atoms with Crippen LogP contribution in [0, 0.1) is 5.82 Å². The van der Waals surface area contributed by atoms with E-state index in [1.165, 1.54) is 17.8 Å². The van der Waals surface area contributed by atoms with E-state index in [1.54, 1.807) is 24.4 Å².